The Labute approximate surface area is 261 Å². The van der Waals surface area contributed by atoms with E-state index in [4.69, 9.17) is 147 Å². The second-order valence-electron chi connectivity index (χ2n) is 10.0. The van der Waals surface area contributed by atoms with Crippen LogP contribution in [0, 0.1) is 0 Å². The standard InChI is InChI=1S/B37/c1-20-30(21(2)3)35(31(22(4)5)23(6)7)37(34(28(16)17)29(18)19)36(32(24(8)9)25(10)11)33(26(12)13)27(14)15/q-4. The molecule has 0 unspecified atom stereocenters. The summed E-state index contributed by atoms with van der Waals surface area (Å²) in [4.78, 5) is 0. The lowest BCUT2D eigenvalue weighted by Gasteiger charge is -2.60. The molecule has 0 spiro atoms. The first kappa shape index (κ1) is 39.4. The minimum Gasteiger partial charge on any atom is -0.729 e. The molecule has 0 atom stereocenters. The highest BCUT2D eigenvalue weighted by Gasteiger charge is 2.53. The molecule has 0 aromatic rings. The van der Waals surface area contributed by atoms with Crippen molar-refractivity contribution in [2.24, 2.45) is 0 Å². The van der Waals surface area contributed by atoms with E-state index >= 15 is 0 Å². The Hall–Kier alpha value is 2.40. The Bertz CT molecular complexity index is 523. The highest BCUT2D eigenvalue weighted by Crippen LogP contribution is 2.17. The van der Waals surface area contributed by atoms with Gasteiger partial charge in [0.15, 0.2) is 0 Å². The lowest BCUT2D eigenvalue weighted by Crippen LogP contribution is -2.91. The zero-order valence-corrected chi connectivity index (χ0v) is 21.4. The van der Waals surface area contributed by atoms with Gasteiger partial charge >= 0.3 is 0 Å². The Balaban J connectivity index is 7.97. The van der Waals surface area contributed by atoms with Crippen molar-refractivity contribution in [3.05, 3.63) is 0 Å². The largest absolute Gasteiger partial charge is 0.729 e. The molecule has 0 heterocycles. The molecule has 0 aliphatic heterocycles. The molecule has 0 aromatic carbocycles. The van der Waals surface area contributed by atoms with Crippen LogP contribution in [-0.4, -0.2) is 263 Å². The fourth-order valence-electron chi connectivity index (χ4n) is 5.90. The first-order chi connectivity index (χ1) is 16.8. The van der Waals surface area contributed by atoms with Gasteiger partial charge in [-0.1, -0.05) is 0 Å². The number of rotatable bonds is 17. The second kappa shape index (κ2) is 18.2. The van der Waals surface area contributed by atoms with Gasteiger partial charge in [0.2, 0.25) is 0 Å². The monoisotopic (exact) mass is 407 g/mol. The van der Waals surface area contributed by atoms with Gasteiger partial charge in [-0.3, -0.25) is 7.06 Å². The smallest absolute Gasteiger partial charge is 0.000000000000332 e. The lowest BCUT2D eigenvalue weighted by atomic mass is 8.28. The van der Waals surface area contributed by atoms with Crippen LogP contribution in [0.5, 0.6) is 0 Å². The van der Waals surface area contributed by atoms with E-state index in [-0.39, 0.29) is 0 Å². The van der Waals surface area contributed by atoms with Crippen LogP contribution in [0.25, 0.3) is 0 Å². The number of hydrogen-bond donors (Lipinski definition) is 0. The minimum atomic E-state index is -1.17. The van der Waals surface area contributed by atoms with Gasteiger partial charge in [0.25, 0.3) is 0 Å². The van der Waals surface area contributed by atoms with E-state index in [0.717, 1.165) is 0 Å². The molecule has 0 amide bonds. The van der Waals surface area contributed by atoms with Gasteiger partial charge in [-0.2, -0.15) is 0 Å². The topological polar surface area (TPSA) is 0 Å². The molecule has 37 heavy (non-hydrogen) atoms. The molecule has 0 aromatic heterocycles. The van der Waals surface area contributed by atoms with Crippen molar-refractivity contribution in [2.75, 3.05) is 0 Å². The van der Waals surface area contributed by atoms with Crippen molar-refractivity contribution in [2.45, 2.75) is 0 Å². The van der Waals surface area contributed by atoms with Gasteiger partial charge in [0.05, 0.1) is 0 Å². The zero-order chi connectivity index (χ0) is 29.5. The predicted molar refractivity (Wildman–Crippen MR) is 213 cm³/mol. The maximum Gasteiger partial charge on any atom is -0.000000000000332 e. The van der Waals surface area contributed by atoms with Crippen LogP contribution in [0.4, 0.5) is 0 Å². The molecule has 0 nitrogen and oxygen atoms in total. The van der Waals surface area contributed by atoms with Gasteiger partial charge in [-0.05, 0) is 205 Å². The Kier molecular flexibility index (Phi) is 19.3. The molecule has 0 rings (SSSR count). The van der Waals surface area contributed by atoms with Crippen LogP contribution < -0.4 is 0 Å². The average molecular weight is 400 g/mol. The molecule has 0 saturated heterocycles. The van der Waals surface area contributed by atoms with E-state index in [9.17, 15) is 0 Å². The van der Waals surface area contributed by atoms with E-state index in [1.54, 1.807) is 0 Å². The van der Waals surface area contributed by atoms with Crippen LogP contribution in [0.3, 0.4) is 0 Å². The van der Waals surface area contributed by atoms with Crippen LogP contribution in [0.2, 0.25) is 0 Å². The number of hydrogen-bond acceptors (Lipinski definition) is 0. The molecular weight excluding hydrogens is 400 g/mol. The van der Waals surface area contributed by atoms with Crippen LogP contribution in [0.1, 0.15) is 0 Å². The molecule has 0 N–H and O–H groups in total. The molecule has 0 aliphatic carbocycles. The van der Waals surface area contributed by atoms with Gasteiger partial charge in [0.1, 0.15) is 0 Å². The van der Waals surface area contributed by atoms with Crippen molar-refractivity contribution in [1.29, 1.82) is 0 Å². The summed E-state index contributed by atoms with van der Waals surface area (Å²) in [6.45, 7) is 0. The van der Waals surface area contributed by atoms with Crippen molar-refractivity contribution < 1.29 is 0 Å². The Morgan fingerprint density at radius 2 is 0.595 bits per heavy atom. The maximum atomic E-state index is 6.23. The third-order valence-electron chi connectivity index (χ3n) is 7.33. The normalized spacial score (nSPS) is 9.62. The molecule has 0 saturated carbocycles. The summed E-state index contributed by atoms with van der Waals surface area (Å²) in [7, 11) is 119. The van der Waals surface area contributed by atoms with Gasteiger partial charge in [-0.25, -0.2) is 6.39 Å². The highest BCUT2D eigenvalue weighted by atomic mass is 13.4. The second-order valence-corrected chi connectivity index (χ2v) is 10.0. The third-order valence-corrected chi connectivity index (χ3v) is 7.33. The van der Waals surface area contributed by atoms with Crippen molar-refractivity contribution in [1.82, 2.24) is 0 Å². The van der Waals surface area contributed by atoms with E-state index in [2.05, 4.69) is 0 Å². The lowest BCUT2D eigenvalue weighted by molar-refractivity contribution is 3.23. The van der Waals surface area contributed by atoms with Crippen LogP contribution in [0.15, 0.2) is 0 Å². The molecule has 0 fully saturated rings. The van der Waals surface area contributed by atoms with Gasteiger partial charge < -0.3 is 37.3 Å². The average Bonchev–Trinajstić information content (AvgIpc) is 2.68. The van der Waals surface area contributed by atoms with E-state index in [1.807, 2.05) is 0 Å². The maximum absolute atomic E-state index is 6.23. The summed E-state index contributed by atoms with van der Waals surface area (Å²) in [5.41, 5.74) is 0. The molecule has 115 valence electrons. The molecule has 0 bridgehead atoms. The zero-order valence-electron chi connectivity index (χ0n) is 21.4. The van der Waals surface area contributed by atoms with Crippen LogP contribution in [-0.2, 0) is 0 Å². The fraction of sp³-hybridized carbons (Fsp3) is 0. The molecular formula is B37-4. The molecule has 43 radical (unpaired) electrons. The molecule has 37 heteroatoms. The first-order valence-electron chi connectivity index (χ1n) is 12.0. The van der Waals surface area contributed by atoms with E-state index in [1.165, 1.54) is 7.06 Å². The summed E-state index contributed by atoms with van der Waals surface area (Å²) in [5, 5.41) is 0. The van der Waals surface area contributed by atoms with Gasteiger partial charge in [-0.15, -0.1) is 6.39 Å². The third kappa shape index (κ3) is 10.9. The van der Waals surface area contributed by atoms with Crippen molar-refractivity contribution in [3.8, 4) is 0 Å². The van der Waals surface area contributed by atoms with Crippen molar-refractivity contribution in [3.63, 3.8) is 0 Å². The SMILES string of the molecule is [B]B([B])B(B([B])[B])B(B(B([B])[B])B([B])[B])B(B(B([B])[B])B([B])[B])B(B([B][B-])B([B-])[B-])B(B([B])[B])B([B])[B-]. The fourth-order valence-corrected chi connectivity index (χ4v) is 5.90. The Morgan fingerprint density at radius 1 is 0.351 bits per heavy atom. The molecule has 0 aliphatic rings. The summed E-state index contributed by atoms with van der Waals surface area (Å²) in [6.07, 6.45) is -17.9. The quantitative estimate of drug-likeness (QED) is 0.213. The van der Waals surface area contributed by atoms with Crippen LogP contribution >= 0.6 is 0 Å². The van der Waals surface area contributed by atoms with E-state index in [0.29, 0.717) is 0 Å². The van der Waals surface area contributed by atoms with E-state index < -0.39 is 109 Å². The summed E-state index contributed by atoms with van der Waals surface area (Å²) in [5.74, 6) is 0. The van der Waals surface area contributed by atoms with Gasteiger partial charge in [0, 0.05) is 0 Å². The first-order valence-corrected chi connectivity index (χ1v) is 12.0. The van der Waals surface area contributed by atoms with Crippen molar-refractivity contribution >= 4 is 263 Å². The summed E-state index contributed by atoms with van der Waals surface area (Å²) < 4.78 is 0. The summed E-state index contributed by atoms with van der Waals surface area (Å²) >= 11 is 0. The predicted octanol–water partition coefficient (Wildman–Crippen LogP) is -14.1. The Morgan fingerprint density at radius 3 is 0.757 bits per heavy atom. The highest BCUT2D eigenvalue weighted by molar-refractivity contribution is 8.31. The minimum absolute atomic E-state index is 0.881. The summed E-state index contributed by atoms with van der Waals surface area (Å²) in [6, 6.07) is 0.